The zero-order chi connectivity index (χ0) is 19.2. The molecular formula is C15H28NO10+. The van der Waals surface area contributed by atoms with Crippen molar-refractivity contribution < 1.29 is 55.3 Å². The van der Waals surface area contributed by atoms with Crippen LogP contribution in [0.2, 0.25) is 0 Å². The summed E-state index contributed by atoms with van der Waals surface area (Å²) >= 11 is 0. The van der Waals surface area contributed by atoms with Crippen molar-refractivity contribution in [3.63, 3.8) is 0 Å². The summed E-state index contributed by atoms with van der Waals surface area (Å²) in [6, 6.07) is -0.368. The van der Waals surface area contributed by atoms with Gasteiger partial charge in [-0.25, -0.2) is 0 Å². The van der Waals surface area contributed by atoms with E-state index in [4.69, 9.17) is 14.2 Å². The zero-order valence-electron chi connectivity index (χ0n) is 14.3. The minimum Gasteiger partial charge on any atom is -0.390 e. The Kier molecular flexibility index (Phi) is 6.16. The average Bonchev–Trinajstić information content (AvgIpc) is 3.06. The number of aliphatic hydroxyl groups excluding tert-OH is 7. The van der Waals surface area contributed by atoms with E-state index in [-0.39, 0.29) is 19.2 Å². The van der Waals surface area contributed by atoms with Crippen LogP contribution in [0.25, 0.3) is 0 Å². The molecule has 0 amide bonds. The highest BCUT2D eigenvalue weighted by molar-refractivity contribution is 5.04. The largest absolute Gasteiger partial charge is 0.390 e. The number of hydrogen-bond acceptors (Lipinski definition) is 10. The molecule has 0 aromatic heterocycles. The van der Waals surface area contributed by atoms with Crippen molar-refractivity contribution in [2.24, 2.45) is 5.92 Å². The van der Waals surface area contributed by atoms with E-state index in [1.807, 2.05) is 0 Å². The van der Waals surface area contributed by atoms with Crippen LogP contribution in [0.3, 0.4) is 0 Å². The SMILES string of the molecule is CO[C@H]1O[C@H](C[NH2+][C@@H]2CO[C@@H]3[C@@H](O)[C@H](O)[C@@H](O)[C@H](O)[C@@H]32)[C@@H](O)[C@H](O)[C@H]1O. The summed E-state index contributed by atoms with van der Waals surface area (Å²) in [6.45, 7) is 0.314. The third-order valence-electron chi connectivity index (χ3n) is 5.71. The zero-order valence-corrected chi connectivity index (χ0v) is 14.3. The molecule has 3 aliphatic rings. The second-order valence-electron chi connectivity index (χ2n) is 7.22. The van der Waals surface area contributed by atoms with E-state index < -0.39 is 67.1 Å². The Labute approximate surface area is 149 Å². The van der Waals surface area contributed by atoms with Gasteiger partial charge >= 0.3 is 0 Å². The fraction of sp³-hybridized carbons (Fsp3) is 1.00. The monoisotopic (exact) mass is 382 g/mol. The first-order valence-corrected chi connectivity index (χ1v) is 8.67. The molecule has 26 heavy (non-hydrogen) atoms. The maximum atomic E-state index is 10.3. The van der Waals surface area contributed by atoms with Crippen molar-refractivity contribution in [2.45, 2.75) is 67.3 Å². The molecule has 0 aromatic rings. The van der Waals surface area contributed by atoms with Crippen LogP contribution in [-0.2, 0) is 14.2 Å². The number of methoxy groups -OCH3 is 1. The van der Waals surface area contributed by atoms with Crippen LogP contribution >= 0.6 is 0 Å². The molecule has 152 valence electrons. The van der Waals surface area contributed by atoms with Gasteiger partial charge < -0.3 is 55.3 Å². The highest BCUT2D eigenvalue weighted by Crippen LogP contribution is 2.34. The molecule has 12 atom stereocenters. The van der Waals surface area contributed by atoms with Crippen molar-refractivity contribution in [2.75, 3.05) is 20.3 Å². The van der Waals surface area contributed by atoms with E-state index in [9.17, 15) is 35.7 Å². The molecule has 0 unspecified atom stereocenters. The first-order valence-electron chi connectivity index (χ1n) is 8.67. The van der Waals surface area contributed by atoms with Gasteiger partial charge in [0.2, 0.25) is 0 Å². The van der Waals surface area contributed by atoms with Crippen LogP contribution in [0.5, 0.6) is 0 Å². The lowest BCUT2D eigenvalue weighted by molar-refractivity contribution is -0.702. The Bertz CT molecular complexity index is 481. The van der Waals surface area contributed by atoms with Gasteiger partial charge in [-0.2, -0.15) is 0 Å². The summed E-state index contributed by atoms with van der Waals surface area (Å²) in [5.74, 6) is -0.627. The van der Waals surface area contributed by atoms with Crippen molar-refractivity contribution >= 4 is 0 Å². The summed E-state index contributed by atoms with van der Waals surface area (Å²) in [4.78, 5) is 0. The van der Waals surface area contributed by atoms with Crippen molar-refractivity contribution in [3.05, 3.63) is 0 Å². The van der Waals surface area contributed by atoms with E-state index in [0.717, 1.165) is 0 Å². The molecule has 3 fully saturated rings. The summed E-state index contributed by atoms with van der Waals surface area (Å²) in [7, 11) is 1.31. The molecule has 2 heterocycles. The predicted octanol–water partition coefficient (Wildman–Crippen LogP) is -6.16. The smallest absolute Gasteiger partial charge is 0.186 e. The molecular weight excluding hydrogens is 354 g/mol. The predicted molar refractivity (Wildman–Crippen MR) is 81.5 cm³/mol. The van der Waals surface area contributed by atoms with Crippen LogP contribution in [0.4, 0.5) is 0 Å². The molecule has 3 rings (SSSR count). The molecule has 9 N–H and O–H groups in total. The Balaban J connectivity index is 1.63. The van der Waals surface area contributed by atoms with E-state index in [2.05, 4.69) is 0 Å². The van der Waals surface area contributed by atoms with Gasteiger partial charge in [0.1, 0.15) is 55.3 Å². The molecule has 0 radical (unpaired) electrons. The van der Waals surface area contributed by atoms with Gasteiger partial charge in [-0.1, -0.05) is 0 Å². The average molecular weight is 382 g/mol. The van der Waals surface area contributed by atoms with Gasteiger partial charge in [0.15, 0.2) is 6.29 Å². The minimum absolute atomic E-state index is 0.156. The second kappa shape index (κ2) is 7.89. The summed E-state index contributed by atoms with van der Waals surface area (Å²) in [6.07, 6.45) is -12.5. The number of aliphatic hydroxyl groups is 7. The van der Waals surface area contributed by atoms with Crippen LogP contribution < -0.4 is 5.32 Å². The maximum Gasteiger partial charge on any atom is 0.186 e. The summed E-state index contributed by atoms with van der Waals surface area (Å²) < 4.78 is 15.9. The van der Waals surface area contributed by atoms with Gasteiger partial charge in [0.25, 0.3) is 0 Å². The molecule has 0 aromatic carbocycles. The fourth-order valence-corrected chi connectivity index (χ4v) is 4.13. The number of rotatable bonds is 4. The van der Waals surface area contributed by atoms with E-state index in [1.54, 1.807) is 5.32 Å². The summed E-state index contributed by atoms with van der Waals surface area (Å²) in [5, 5.41) is 71.5. The van der Waals surface area contributed by atoms with E-state index >= 15 is 0 Å². The Morgan fingerprint density at radius 3 is 2.12 bits per heavy atom. The number of ether oxygens (including phenoxy) is 3. The summed E-state index contributed by atoms with van der Waals surface area (Å²) in [5.41, 5.74) is 0. The first kappa shape index (κ1) is 20.3. The van der Waals surface area contributed by atoms with Crippen LogP contribution in [0.15, 0.2) is 0 Å². The first-order chi connectivity index (χ1) is 12.3. The molecule has 1 aliphatic carbocycles. The van der Waals surface area contributed by atoms with Gasteiger partial charge in [0, 0.05) is 7.11 Å². The Morgan fingerprint density at radius 2 is 1.46 bits per heavy atom. The quantitative estimate of drug-likeness (QED) is 0.232. The molecule has 0 bridgehead atoms. The number of fused-ring (bicyclic) bond motifs is 1. The fourth-order valence-electron chi connectivity index (χ4n) is 4.13. The van der Waals surface area contributed by atoms with Crippen LogP contribution in [0, 0.1) is 5.92 Å². The molecule has 2 aliphatic heterocycles. The molecule has 2 saturated heterocycles. The third kappa shape index (κ3) is 3.38. The normalized spacial score (nSPS) is 54.9. The number of nitrogens with two attached hydrogens (primary N) is 1. The lowest BCUT2D eigenvalue weighted by Crippen LogP contribution is -2.95. The van der Waals surface area contributed by atoms with Gasteiger partial charge in [-0.3, -0.25) is 0 Å². The van der Waals surface area contributed by atoms with Crippen molar-refractivity contribution in [1.82, 2.24) is 0 Å². The highest BCUT2D eigenvalue weighted by atomic mass is 16.7. The Morgan fingerprint density at radius 1 is 0.846 bits per heavy atom. The van der Waals surface area contributed by atoms with Crippen LogP contribution in [0.1, 0.15) is 0 Å². The van der Waals surface area contributed by atoms with E-state index in [1.165, 1.54) is 7.11 Å². The second-order valence-corrected chi connectivity index (χ2v) is 7.22. The van der Waals surface area contributed by atoms with Gasteiger partial charge in [-0.05, 0) is 0 Å². The van der Waals surface area contributed by atoms with Gasteiger partial charge in [-0.15, -0.1) is 0 Å². The van der Waals surface area contributed by atoms with E-state index in [0.29, 0.717) is 0 Å². The lowest BCUT2D eigenvalue weighted by Gasteiger charge is -2.41. The highest BCUT2D eigenvalue weighted by Gasteiger charge is 2.57. The van der Waals surface area contributed by atoms with Crippen molar-refractivity contribution in [3.8, 4) is 0 Å². The number of quaternary nitrogens is 1. The standard InChI is InChI=1S/C15H27NO10/c1-24-15-13(23)9(19)7(17)5(26-15)2-16-4-3-25-14-6(4)8(18)10(20)11(21)12(14)22/h4-23H,2-3H2,1H3/p+1/t4-,5-,6+,7-,8-,9+,10+,11-,12+,13-,14+,15+/m1/s1. The Hall–Kier alpha value is -0.440. The van der Waals surface area contributed by atoms with Gasteiger partial charge in [0.05, 0.1) is 24.7 Å². The molecule has 11 nitrogen and oxygen atoms in total. The van der Waals surface area contributed by atoms with Crippen molar-refractivity contribution in [1.29, 1.82) is 0 Å². The lowest BCUT2D eigenvalue weighted by atomic mass is 9.76. The molecule has 11 heteroatoms. The third-order valence-corrected chi connectivity index (χ3v) is 5.71. The number of hydrogen-bond donors (Lipinski definition) is 8. The minimum atomic E-state index is -1.49. The molecule has 0 spiro atoms. The molecule has 1 saturated carbocycles. The van der Waals surface area contributed by atoms with Crippen LogP contribution in [-0.4, -0.2) is 123 Å². The topological polar surface area (TPSA) is 186 Å². The maximum absolute atomic E-state index is 10.3.